The first kappa shape index (κ1) is 11.5. The molecule has 1 unspecified atom stereocenters. The Hall–Kier alpha value is -0.460. The highest BCUT2D eigenvalue weighted by Gasteiger charge is 2.01. The van der Waals surface area contributed by atoms with Crippen LogP contribution in [0.5, 0.6) is 0 Å². The molecule has 0 aromatic carbocycles. The molecule has 12 heavy (non-hydrogen) atoms. The molecular formula is C11H23N. The van der Waals surface area contributed by atoms with E-state index in [1.807, 2.05) is 0 Å². The van der Waals surface area contributed by atoms with E-state index in [0.29, 0.717) is 0 Å². The predicted molar refractivity (Wildman–Crippen MR) is 56.1 cm³/mol. The topological polar surface area (TPSA) is 3.24 Å². The molecule has 0 aliphatic carbocycles. The number of hydrogen-bond acceptors (Lipinski definition) is 1. The minimum absolute atomic E-state index is 0.821. The molecule has 0 aromatic heterocycles. The van der Waals surface area contributed by atoms with Gasteiger partial charge in [-0.3, -0.25) is 0 Å². The molecule has 0 N–H and O–H groups in total. The van der Waals surface area contributed by atoms with Crippen LogP contribution in [0.1, 0.15) is 33.6 Å². The average molecular weight is 169 g/mol. The summed E-state index contributed by atoms with van der Waals surface area (Å²) < 4.78 is 0. The monoisotopic (exact) mass is 169 g/mol. The van der Waals surface area contributed by atoms with Gasteiger partial charge in [0.25, 0.3) is 0 Å². The molecule has 1 nitrogen and oxygen atoms in total. The van der Waals surface area contributed by atoms with Crippen LogP contribution in [0.25, 0.3) is 0 Å². The lowest BCUT2D eigenvalue weighted by Gasteiger charge is -2.11. The molecule has 1 heteroatoms. The van der Waals surface area contributed by atoms with Gasteiger partial charge in [-0.2, -0.15) is 0 Å². The predicted octanol–water partition coefficient (Wildman–Crippen LogP) is 3.13. The highest BCUT2D eigenvalue weighted by Crippen LogP contribution is 2.14. The van der Waals surface area contributed by atoms with Crippen LogP contribution in [0.15, 0.2) is 12.3 Å². The molecule has 0 fully saturated rings. The Morgan fingerprint density at radius 3 is 2.17 bits per heavy atom. The van der Waals surface area contributed by atoms with E-state index in [9.17, 15) is 0 Å². The molecule has 0 aromatic rings. The van der Waals surface area contributed by atoms with Crippen LogP contribution in [0, 0.1) is 11.8 Å². The number of nitrogens with zero attached hydrogens (tertiary/aromatic N) is 1. The Bertz CT molecular complexity index is 125. The van der Waals surface area contributed by atoms with Crippen LogP contribution < -0.4 is 0 Å². The number of hydrogen-bond donors (Lipinski definition) is 0. The van der Waals surface area contributed by atoms with Gasteiger partial charge in [0, 0.05) is 14.1 Å². The van der Waals surface area contributed by atoms with Gasteiger partial charge in [0.1, 0.15) is 0 Å². The second-order valence-electron chi connectivity index (χ2n) is 4.32. The van der Waals surface area contributed by atoms with Crippen molar-refractivity contribution in [3.05, 3.63) is 12.3 Å². The van der Waals surface area contributed by atoms with Gasteiger partial charge in [-0.05, 0) is 30.9 Å². The zero-order valence-electron chi connectivity index (χ0n) is 9.17. The Morgan fingerprint density at radius 1 is 1.17 bits per heavy atom. The molecule has 0 radical (unpaired) electrons. The van der Waals surface area contributed by atoms with Gasteiger partial charge in [0.2, 0.25) is 0 Å². The van der Waals surface area contributed by atoms with Crippen LogP contribution in [-0.2, 0) is 0 Å². The summed E-state index contributed by atoms with van der Waals surface area (Å²) in [6.45, 7) is 6.89. The standard InChI is InChI=1S/C11H23N/c1-10(2)9-11(3)7-6-8-12(4)5/h6,8,10-11H,7,9H2,1-5H3/b8-6-. The van der Waals surface area contributed by atoms with E-state index >= 15 is 0 Å². The van der Waals surface area contributed by atoms with Crippen molar-refractivity contribution >= 4 is 0 Å². The summed E-state index contributed by atoms with van der Waals surface area (Å²) in [4.78, 5) is 2.09. The third kappa shape index (κ3) is 7.64. The van der Waals surface area contributed by atoms with Crippen molar-refractivity contribution in [2.75, 3.05) is 14.1 Å². The smallest absolute Gasteiger partial charge is 0.00555 e. The Morgan fingerprint density at radius 2 is 1.75 bits per heavy atom. The maximum atomic E-state index is 2.32. The molecule has 0 saturated carbocycles. The summed E-state index contributed by atoms with van der Waals surface area (Å²) in [5.41, 5.74) is 0. The maximum Gasteiger partial charge on any atom is 0.00555 e. The summed E-state index contributed by atoms with van der Waals surface area (Å²) in [7, 11) is 4.12. The van der Waals surface area contributed by atoms with Crippen LogP contribution in [0.4, 0.5) is 0 Å². The van der Waals surface area contributed by atoms with Crippen molar-refractivity contribution in [1.29, 1.82) is 0 Å². The molecule has 0 rings (SSSR count). The lowest BCUT2D eigenvalue weighted by atomic mass is 9.96. The number of allylic oxidation sites excluding steroid dienone is 1. The number of rotatable bonds is 5. The highest BCUT2D eigenvalue weighted by atomic mass is 15.0. The second kappa shape index (κ2) is 6.10. The van der Waals surface area contributed by atoms with Crippen LogP contribution in [0.2, 0.25) is 0 Å². The van der Waals surface area contributed by atoms with E-state index in [1.165, 1.54) is 12.8 Å². The SMILES string of the molecule is CC(C)CC(C)C/C=C\N(C)C. The molecule has 0 amide bonds. The fraction of sp³-hybridized carbons (Fsp3) is 0.818. The van der Waals surface area contributed by atoms with E-state index < -0.39 is 0 Å². The molecule has 72 valence electrons. The normalized spacial score (nSPS) is 14.2. The lowest BCUT2D eigenvalue weighted by Crippen LogP contribution is -2.02. The Kier molecular flexibility index (Phi) is 5.87. The molecule has 1 atom stereocenters. The first-order chi connectivity index (χ1) is 5.52. The van der Waals surface area contributed by atoms with Gasteiger partial charge in [0.05, 0.1) is 0 Å². The summed E-state index contributed by atoms with van der Waals surface area (Å²) >= 11 is 0. The van der Waals surface area contributed by atoms with Gasteiger partial charge in [-0.25, -0.2) is 0 Å². The Balaban J connectivity index is 3.49. The minimum atomic E-state index is 0.821. The van der Waals surface area contributed by atoms with Crippen molar-refractivity contribution in [2.45, 2.75) is 33.6 Å². The summed E-state index contributed by atoms with van der Waals surface area (Å²) in [6.07, 6.45) is 6.93. The quantitative estimate of drug-likeness (QED) is 0.611. The highest BCUT2D eigenvalue weighted by molar-refractivity contribution is 4.81. The Labute approximate surface area is 77.5 Å². The zero-order chi connectivity index (χ0) is 9.56. The van der Waals surface area contributed by atoms with Gasteiger partial charge in [-0.1, -0.05) is 26.8 Å². The summed E-state index contributed by atoms with van der Waals surface area (Å²) in [6, 6.07) is 0. The van der Waals surface area contributed by atoms with Crippen molar-refractivity contribution in [3.8, 4) is 0 Å². The van der Waals surface area contributed by atoms with Crippen molar-refractivity contribution in [1.82, 2.24) is 4.90 Å². The van der Waals surface area contributed by atoms with Crippen molar-refractivity contribution in [3.63, 3.8) is 0 Å². The van der Waals surface area contributed by atoms with Crippen LogP contribution in [0.3, 0.4) is 0 Å². The first-order valence-corrected chi connectivity index (χ1v) is 4.85. The van der Waals surface area contributed by atoms with Crippen molar-refractivity contribution in [2.24, 2.45) is 11.8 Å². The minimum Gasteiger partial charge on any atom is -0.384 e. The summed E-state index contributed by atoms with van der Waals surface area (Å²) in [5, 5.41) is 0. The fourth-order valence-corrected chi connectivity index (χ4v) is 1.40. The zero-order valence-corrected chi connectivity index (χ0v) is 9.17. The third-order valence-electron chi connectivity index (χ3n) is 1.82. The summed E-state index contributed by atoms with van der Waals surface area (Å²) in [5.74, 6) is 1.65. The molecule has 0 aliphatic heterocycles. The average Bonchev–Trinajstić information content (AvgIpc) is 1.84. The van der Waals surface area contributed by atoms with E-state index in [1.54, 1.807) is 0 Å². The molecule has 0 heterocycles. The first-order valence-electron chi connectivity index (χ1n) is 4.85. The molecular weight excluding hydrogens is 146 g/mol. The van der Waals surface area contributed by atoms with Gasteiger partial charge in [-0.15, -0.1) is 0 Å². The van der Waals surface area contributed by atoms with Gasteiger partial charge in [0.15, 0.2) is 0 Å². The van der Waals surface area contributed by atoms with Gasteiger partial charge < -0.3 is 4.90 Å². The van der Waals surface area contributed by atoms with E-state index in [0.717, 1.165) is 11.8 Å². The molecule has 0 saturated heterocycles. The van der Waals surface area contributed by atoms with E-state index in [-0.39, 0.29) is 0 Å². The van der Waals surface area contributed by atoms with Crippen molar-refractivity contribution < 1.29 is 0 Å². The molecule has 0 bridgehead atoms. The van der Waals surface area contributed by atoms with Crippen LogP contribution in [-0.4, -0.2) is 19.0 Å². The third-order valence-corrected chi connectivity index (χ3v) is 1.82. The molecule has 0 spiro atoms. The fourth-order valence-electron chi connectivity index (χ4n) is 1.40. The van der Waals surface area contributed by atoms with E-state index in [4.69, 9.17) is 0 Å². The van der Waals surface area contributed by atoms with Gasteiger partial charge >= 0.3 is 0 Å². The second-order valence-corrected chi connectivity index (χ2v) is 4.32. The van der Waals surface area contributed by atoms with Crippen LogP contribution >= 0.6 is 0 Å². The lowest BCUT2D eigenvalue weighted by molar-refractivity contribution is 0.440. The molecule has 0 aliphatic rings. The van der Waals surface area contributed by atoms with E-state index in [2.05, 4.69) is 52.0 Å². The largest absolute Gasteiger partial charge is 0.384 e. The maximum absolute atomic E-state index is 2.32.